The van der Waals surface area contributed by atoms with Gasteiger partial charge in [0.1, 0.15) is 18.1 Å². The first-order valence-electron chi connectivity index (χ1n) is 5.91. The molecule has 2 aromatic rings. The maximum absolute atomic E-state index is 13.6. The lowest BCUT2D eigenvalue weighted by molar-refractivity contribution is 0.287. The maximum Gasteiger partial charge on any atom is 0.166 e. The molecule has 0 spiro atoms. The highest BCUT2D eigenvalue weighted by Crippen LogP contribution is 2.23. The second kappa shape index (κ2) is 6.21. The van der Waals surface area contributed by atoms with Gasteiger partial charge in [-0.05, 0) is 38.2 Å². The van der Waals surface area contributed by atoms with Crippen molar-refractivity contribution in [1.82, 2.24) is 5.32 Å². The fourth-order valence-corrected chi connectivity index (χ4v) is 2.07. The lowest BCUT2D eigenvalue weighted by Crippen LogP contribution is -2.03. The van der Waals surface area contributed by atoms with Crippen LogP contribution < -0.4 is 10.1 Å². The minimum Gasteiger partial charge on any atom is -0.486 e. The van der Waals surface area contributed by atoms with Gasteiger partial charge in [0.2, 0.25) is 0 Å². The molecule has 5 heteroatoms. The molecule has 0 radical (unpaired) electrons. The molecular formula is C14H15BrFNO2. The molecule has 102 valence electrons. The Morgan fingerprint density at radius 2 is 2.16 bits per heavy atom. The highest BCUT2D eigenvalue weighted by atomic mass is 79.9. The van der Waals surface area contributed by atoms with Gasteiger partial charge in [-0.3, -0.25) is 0 Å². The van der Waals surface area contributed by atoms with Crippen LogP contribution in [-0.4, -0.2) is 7.05 Å². The van der Waals surface area contributed by atoms with Crippen molar-refractivity contribution in [2.45, 2.75) is 20.1 Å². The first kappa shape index (κ1) is 14.1. The van der Waals surface area contributed by atoms with E-state index >= 15 is 0 Å². The number of halogens is 2. The highest BCUT2D eigenvalue weighted by molar-refractivity contribution is 9.10. The Bertz CT molecular complexity index is 569. The number of furan rings is 1. The summed E-state index contributed by atoms with van der Waals surface area (Å²) in [5.41, 5.74) is 0.924. The molecule has 19 heavy (non-hydrogen) atoms. The maximum atomic E-state index is 13.6. The molecule has 0 saturated carbocycles. The van der Waals surface area contributed by atoms with Crippen molar-refractivity contribution in [2.24, 2.45) is 0 Å². The van der Waals surface area contributed by atoms with Crippen molar-refractivity contribution in [2.75, 3.05) is 7.05 Å². The van der Waals surface area contributed by atoms with Gasteiger partial charge in [-0.2, -0.15) is 0 Å². The van der Waals surface area contributed by atoms with Gasteiger partial charge in [0.05, 0.1) is 6.54 Å². The van der Waals surface area contributed by atoms with Crippen LogP contribution in [-0.2, 0) is 13.2 Å². The molecule has 1 heterocycles. The molecule has 1 N–H and O–H groups in total. The predicted molar refractivity (Wildman–Crippen MR) is 74.6 cm³/mol. The Morgan fingerprint density at radius 1 is 1.37 bits per heavy atom. The monoisotopic (exact) mass is 327 g/mol. The van der Waals surface area contributed by atoms with E-state index in [9.17, 15) is 4.39 Å². The minimum atomic E-state index is -0.383. The molecule has 0 aliphatic carbocycles. The van der Waals surface area contributed by atoms with Crippen LogP contribution in [0.4, 0.5) is 4.39 Å². The number of hydrogen-bond donors (Lipinski definition) is 1. The van der Waals surface area contributed by atoms with E-state index in [0.29, 0.717) is 11.0 Å². The summed E-state index contributed by atoms with van der Waals surface area (Å²) in [7, 11) is 1.85. The molecule has 3 nitrogen and oxygen atoms in total. The van der Waals surface area contributed by atoms with Crippen LogP contribution in [0, 0.1) is 12.7 Å². The topological polar surface area (TPSA) is 34.4 Å². The summed E-state index contributed by atoms with van der Waals surface area (Å²) in [5.74, 6) is 1.49. The normalized spacial score (nSPS) is 10.7. The average molecular weight is 328 g/mol. The third-order valence-electron chi connectivity index (χ3n) is 2.70. The first-order chi connectivity index (χ1) is 9.10. The van der Waals surface area contributed by atoms with E-state index < -0.39 is 0 Å². The molecule has 0 aliphatic heterocycles. The van der Waals surface area contributed by atoms with Crippen LogP contribution in [0.25, 0.3) is 0 Å². The number of rotatable bonds is 5. The summed E-state index contributed by atoms with van der Waals surface area (Å²) in [5, 5.41) is 3.01. The highest BCUT2D eigenvalue weighted by Gasteiger charge is 2.09. The minimum absolute atomic E-state index is 0.235. The third kappa shape index (κ3) is 3.58. The third-order valence-corrected chi connectivity index (χ3v) is 3.19. The summed E-state index contributed by atoms with van der Waals surface area (Å²) in [6, 6.07) is 6.64. The summed E-state index contributed by atoms with van der Waals surface area (Å²) >= 11 is 3.21. The van der Waals surface area contributed by atoms with Crippen molar-refractivity contribution in [3.63, 3.8) is 0 Å². The Balaban J connectivity index is 2.05. The average Bonchev–Trinajstić information content (AvgIpc) is 2.69. The number of hydrogen-bond acceptors (Lipinski definition) is 3. The Morgan fingerprint density at radius 3 is 2.84 bits per heavy atom. The van der Waals surface area contributed by atoms with E-state index in [-0.39, 0.29) is 18.2 Å². The number of benzene rings is 1. The van der Waals surface area contributed by atoms with Crippen LogP contribution in [0.1, 0.15) is 17.1 Å². The van der Waals surface area contributed by atoms with Gasteiger partial charge in [-0.25, -0.2) is 4.39 Å². The van der Waals surface area contributed by atoms with E-state index in [2.05, 4.69) is 21.2 Å². The second-order valence-corrected chi connectivity index (χ2v) is 5.10. The zero-order valence-electron chi connectivity index (χ0n) is 10.8. The van der Waals surface area contributed by atoms with Crippen molar-refractivity contribution in [3.05, 3.63) is 51.6 Å². The van der Waals surface area contributed by atoms with Crippen molar-refractivity contribution in [1.29, 1.82) is 0 Å². The van der Waals surface area contributed by atoms with E-state index in [1.807, 2.05) is 20.0 Å². The largest absolute Gasteiger partial charge is 0.486 e. The molecule has 0 fully saturated rings. The van der Waals surface area contributed by atoms with E-state index in [1.54, 1.807) is 12.1 Å². The molecular weight excluding hydrogens is 313 g/mol. The lowest BCUT2D eigenvalue weighted by atomic mass is 10.2. The van der Waals surface area contributed by atoms with Crippen LogP contribution >= 0.6 is 15.9 Å². The van der Waals surface area contributed by atoms with Crippen LogP contribution in [0.3, 0.4) is 0 Å². The summed E-state index contributed by atoms with van der Waals surface area (Å²) < 4.78 is 25.3. The molecule has 0 aliphatic rings. The predicted octanol–water partition coefficient (Wildman–Crippen LogP) is 3.79. The fraction of sp³-hybridized carbons (Fsp3) is 0.286. The Labute approximate surface area is 119 Å². The number of nitrogens with one attached hydrogen (secondary N) is 1. The summed E-state index contributed by atoms with van der Waals surface area (Å²) in [6.45, 7) is 2.82. The molecule has 0 bridgehead atoms. The second-order valence-electron chi connectivity index (χ2n) is 4.19. The van der Waals surface area contributed by atoms with Crippen LogP contribution in [0.2, 0.25) is 0 Å². The SMILES string of the molecule is CNCc1cc(COc2ccc(Br)cc2F)c(C)o1. The van der Waals surface area contributed by atoms with Crippen molar-refractivity contribution in [3.8, 4) is 5.75 Å². The molecule has 1 aromatic heterocycles. The molecule has 0 atom stereocenters. The van der Waals surface area contributed by atoms with Gasteiger partial charge in [0, 0.05) is 10.0 Å². The van der Waals surface area contributed by atoms with Gasteiger partial charge in [-0.1, -0.05) is 15.9 Å². The first-order valence-corrected chi connectivity index (χ1v) is 6.70. The molecule has 0 saturated heterocycles. The van der Waals surface area contributed by atoms with Crippen LogP contribution in [0.5, 0.6) is 5.75 Å². The Kier molecular flexibility index (Phi) is 4.61. The standard InChI is InChI=1S/C14H15BrFNO2/c1-9-10(5-12(19-9)7-17-2)8-18-14-4-3-11(15)6-13(14)16/h3-6,17H,7-8H2,1-2H3. The van der Waals surface area contributed by atoms with Gasteiger partial charge >= 0.3 is 0 Å². The Hall–Kier alpha value is -1.33. The molecule has 0 unspecified atom stereocenters. The summed E-state index contributed by atoms with van der Waals surface area (Å²) in [4.78, 5) is 0. The summed E-state index contributed by atoms with van der Waals surface area (Å²) in [6.07, 6.45) is 0. The van der Waals surface area contributed by atoms with Gasteiger partial charge in [0.15, 0.2) is 11.6 Å². The van der Waals surface area contributed by atoms with Gasteiger partial charge < -0.3 is 14.5 Å². The molecule has 0 amide bonds. The van der Waals surface area contributed by atoms with Crippen molar-refractivity contribution >= 4 is 15.9 Å². The zero-order valence-corrected chi connectivity index (χ0v) is 12.4. The number of aryl methyl sites for hydroxylation is 1. The fourth-order valence-electron chi connectivity index (χ4n) is 1.74. The van der Waals surface area contributed by atoms with E-state index in [0.717, 1.165) is 17.1 Å². The molecule has 2 rings (SSSR count). The molecule has 1 aromatic carbocycles. The van der Waals surface area contributed by atoms with Crippen LogP contribution in [0.15, 0.2) is 33.2 Å². The van der Waals surface area contributed by atoms with Gasteiger partial charge in [0.25, 0.3) is 0 Å². The lowest BCUT2D eigenvalue weighted by Gasteiger charge is -2.06. The van der Waals surface area contributed by atoms with E-state index in [1.165, 1.54) is 6.07 Å². The smallest absolute Gasteiger partial charge is 0.166 e. The van der Waals surface area contributed by atoms with Gasteiger partial charge in [-0.15, -0.1) is 0 Å². The quantitative estimate of drug-likeness (QED) is 0.907. The zero-order chi connectivity index (χ0) is 13.8. The van der Waals surface area contributed by atoms with Crippen molar-refractivity contribution < 1.29 is 13.5 Å². The number of ether oxygens (including phenoxy) is 1. The van der Waals surface area contributed by atoms with E-state index in [4.69, 9.17) is 9.15 Å².